The van der Waals surface area contributed by atoms with Gasteiger partial charge in [-0.1, -0.05) is 24.7 Å². The van der Waals surface area contributed by atoms with Gasteiger partial charge in [-0.25, -0.2) is 4.79 Å². The third-order valence-electron chi connectivity index (χ3n) is 5.45. The van der Waals surface area contributed by atoms with Crippen molar-refractivity contribution in [1.82, 2.24) is 10.2 Å². The number of sulfonamides is 1. The Morgan fingerprint density at radius 3 is 2.67 bits per heavy atom. The number of carbonyl (C=O) groups excluding carboxylic acids is 1. The van der Waals surface area contributed by atoms with Gasteiger partial charge < -0.3 is 9.64 Å². The summed E-state index contributed by atoms with van der Waals surface area (Å²) in [6, 6.07) is 2.98. The van der Waals surface area contributed by atoms with Gasteiger partial charge >= 0.3 is 21.5 Å². The molecule has 1 aromatic heterocycles. The van der Waals surface area contributed by atoms with Crippen LogP contribution in [0.2, 0.25) is 0 Å². The van der Waals surface area contributed by atoms with Gasteiger partial charge in [0.2, 0.25) is 5.01 Å². The molecule has 2 heterocycles. The molecule has 0 radical (unpaired) electrons. The number of carbonyl (C=O) groups is 1. The van der Waals surface area contributed by atoms with Gasteiger partial charge in [0, 0.05) is 17.8 Å². The highest BCUT2D eigenvalue weighted by atomic mass is 32.2. The largest absolute Gasteiger partial charge is 0.516 e. The number of esters is 1. The number of nitrogens with zero attached hydrogens (tertiary/aromatic N) is 5. The summed E-state index contributed by atoms with van der Waals surface area (Å²) >= 11 is 0.791. The minimum absolute atomic E-state index is 0.0236. The van der Waals surface area contributed by atoms with Gasteiger partial charge in [0.15, 0.2) is 0 Å². The number of unbranched alkanes of at least 4 members (excludes halogenated alkanes) is 1. The number of alkyl halides is 3. The van der Waals surface area contributed by atoms with Crippen molar-refractivity contribution in [3.63, 3.8) is 0 Å². The standard InChI is InChI=1S/C21H27F3N6O4S2/c1-5-6-9-34-19(31)18-26-28-20(35-18)27-25-15-10-14-8-7-13(4)30(12(2)3)17(14)11-16(15)29-36(32,33)21(22,23)24/h10-13,29H,5-9H2,1-4H3. The first kappa shape index (κ1) is 27.8. The Morgan fingerprint density at radius 2 is 2.03 bits per heavy atom. The number of nitrogens with one attached hydrogen (secondary N) is 1. The van der Waals surface area contributed by atoms with Crippen LogP contribution in [0.3, 0.4) is 0 Å². The number of aromatic nitrogens is 2. The van der Waals surface area contributed by atoms with Crippen LogP contribution < -0.4 is 9.62 Å². The molecule has 0 aliphatic carbocycles. The Hall–Kier alpha value is -2.81. The van der Waals surface area contributed by atoms with Crippen LogP contribution in [0.15, 0.2) is 22.4 Å². The highest BCUT2D eigenvalue weighted by molar-refractivity contribution is 7.93. The summed E-state index contributed by atoms with van der Waals surface area (Å²) in [5, 5.41) is 15.2. The van der Waals surface area contributed by atoms with Gasteiger partial charge in [-0.15, -0.1) is 20.4 Å². The second kappa shape index (κ2) is 11.1. The first-order chi connectivity index (χ1) is 16.8. The highest BCUT2D eigenvalue weighted by Gasteiger charge is 2.46. The van der Waals surface area contributed by atoms with Crippen molar-refractivity contribution in [1.29, 1.82) is 0 Å². The number of aryl methyl sites for hydroxylation is 1. The molecule has 1 aliphatic heterocycles. The maximum absolute atomic E-state index is 13.1. The van der Waals surface area contributed by atoms with Gasteiger partial charge in [0.1, 0.15) is 5.69 Å². The van der Waals surface area contributed by atoms with Gasteiger partial charge in [-0.3, -0.25) is 4.72 Å². The van der Waals surface area contributed by atoms with Crippen molar-refractivity contribution in [3.8, 4) is 0 Å². The van der Waals surface area contributed by atoms with E-state index in [0.29, 0.717) is 18.5 Å². The zero-order chi connectivity index (χ0) is 26.7. The molecule has 15 heteroatoms. The van der Waals surface area contributed by atoms with Gasteiger partial charge in [0.25, 0.3) is 5.13 Å². The molecular weight excluding hydrogens is 521 g/mol. The third-order valence-corrected chi connectivity index (χ3v) is 7.34. The summed E-state index contributed by atoms with van der Waals surface area (Å²) in [7, 11) is -5.71. The van der Waals surface area contributed by atoms with E-state index in [1.807, 2.05) is 32.6 Å². The summed E-state index contributed by atoms with van der Waals surface area (Å²) in [5.74, 6) is -0.669. The second-order valence-corrected chi connectivity index (χ2v) is 11.1. The van der Waals surface area contributed by atoms with Crippen molar-refractivity contribution < 1.29 is 31.1 Å². The molecule has 0 fully saturated rings. The number of ether oxygens (including phenoxy) is 1. The molecule has 198 valence electrons. The molecule has 10 nitrogen and oxygen atoms in total. The first-order valence-electron chi connectivity index (χ1n) is 11.3. The molecular formula is C21H27F3N6O4S2. The van der Waals surface area contributed by atoms with Crippen LogP contribution in [0.4, 0.5) is 35.4 Å². The predicted octanol–water partition coefficient (Wildman–Crippen LogP) is 5.72. The number of hydrogen-bond acceptors (Lipinski definition) is 10. The highest BCUT2D eigenvalue weighted by Crippen LogP contribution is 2.41. The summed E-state index contributed by atoms with van der Waals surface area (Å²) in [4.78, 5) is 14.0. The minimum atomic E-state index is -5.71. The number of halogens is 3. The van der Waals surface area contributed by atoms with Crippen molar-refractivity contribution in [2.45, 2.75) is 71.0 Å². The lowest BCUT2D eigenvalue weighted by molar-refractivity contribution is -0.0429. The zero-order valence-corrected chi connectivity index (χ0v) is 21.8. The molecule has 36 heavy (non-hydrogen) atoms. The van der Waals surface area contributed by atoms with Gasteiger partial charge in [-0.2, -0.15) is 21.6 Å². The van der Waals surface area contributed by atoms with E-state index in [1.54, 1.807) is 4.72 Å². The van der Waals surface area contributed by atoms with Crippen molar-refractivity contribution >= 4 is 49.5 Å². The summed E-state index contributed by atoms with van der Waals surface area (Å²) in [5.41, 5.74) is -4.60. The van der Waals surface area contributed by atoms with E-state index < -0.39 is 21.5 Å². The Labute approximate surface area is 211 Å². The summed E-state index contributed by atoms with van der Waals surface area (Å²) in [6.07, 6.45) is 2.97. The molecule has 0 bridgehead atoms. The van der Waals surface area contributed by atoms with E-state index in [2.05, 4.69) is 20.4 Å². The molecule has 2 aromatic rings. The fourth-order valence-corrected chi connectivity index (χ4v) is 4.89. The van der Waals surface area contributed by atoms with E-state index in [-0.39, 0.29) is 40.2 Å². The van der Waals surface area contributed by atoms with Crippen LogP contribution >= 0.6 is 11.3 Å². The molecule has 1 aromatic carbocycles. The minimum Gasteiger partial charge on any atom is -0.460 e. The Morgan fingerprint density at radius 1 is 1.31 bits per heavy atom. The van der Waals surface area contributed by atoms with E-state index in [1.165, 1.54) is 12.1 Å². The van der Waals surface area contributed by atoms with E-state index in [0.717, 1.165) is 29.7 Å². The first-order valence-corrected chi connectivity index (χ1v) is 13.6. The molecule has 3 rings (SSSR count). The molecule has 0 saturated carbocycles. The van der Waals surface area contributed by atoms with Crippen LogP contribution in [0.25, 0.3) is 0 Å². The normalized spacial score (nSPS) is 16.4. The molecule has 1 atom stereocenters. The lowest BCUT2D eigenvalue weighted by Crippen LogP contribution is -2.42. The van der Waals surface area contributed by atoms with Crippen molar-refractivity contribution in [2.75, 3.05) is 16.2 Å². The van der Waals surface area contributed by atoms with Gasteiger partial charge in [0.05, 0.1) is 12.3 Å². The number of rotatable bonds is 9. The number of azo groups is 1. The van der Waals surface area contributed by atoms with Crippen LogP contribution in [0.5, 0.6) is 0 Å². The number of benzene rings is 1. The lowest BCUT2D eigenvalue weighted by atomic mass is 9.94. The quantitative estimate of drug-likeness (QED) is 0.241. The molecule has 0 spiro atoms. The van der Waals surface area contributed by atoms with Crippen molar-refractivity contribution in [3.05, 3.63) is 22.7 Å². The molecule has 0 amide bonds. The maximum atomic E-state index is 13.1. The summed E-state index contributed by atoms with van der Waals surface area (Å²) in [6.45, 7) is 8.06. The third kappa shape index (κ3) is 6.30. The smallest absolute Gasteiger partial charge is 0.460 e. The molecule has 1 N–H and O–H groups in total. The second-order valence-electron chi connectivity index (χ2n) is 8.52. The van der Waals surface area contributed by atoms with E-state index in [9.17, 15) is 26.4 Å². The van der Waals surface area contributed by atoms with Crippen LogP contribution in [-0.4, -0.2) is 48.8 Å². The lowest BCUT2D eigenvalue weighted by Gasteiger charge is -2.40. The zero-order valence-electron chi connectivity index (χ0n) is 20.2. The number of fused-ring (bicyclic) bond motifs is 1. The average molecular weight is 549 g/mol. The average Bonchev–Trinajstić information content (AvgIpc) is 3.25. The SMILES string of the molecule is CCCCOC(=O)c1nnc(N=Nc2cc3c(cc2NS(=O)(=O)C(F)(F)F)N(C(C)C)C(C)CC3)s1. The summed E-state index contributed by atoms with van der Waals surface area (Å²) < 4.78 is 69.8. The van der Waals surface area contributed by atoms with Crippen molar-refractivity contribution in [2.24, 2.45) is 10.2 Å². The molecule has 1 unspecified atom stereocenters. The van der Waals surface area contributed by atoms with Crippen LogP contribution in [-0.2, 0) is 21.2 Å². The topological polar surface area (TPSA) is 126 Å². The van der Waals surface area contributed by atoms with E-state index in [4.69, 9.17) is 4.74 Å². The van der Waals surface area contributed by atoms with Gasteiger partial charge in [-0.05, 0) is 57.7 Å². The fourth-order valence-electron chi connectivity index (χ4n) is 3.76. The molecule has 0 saturated heterocycles. The Bertz CT molecular complexity index is 1230. The Kier molecular flexibility index (Phi) is 8.54. The monoisotopic (exact) mass is 548 g/mol. The fraction of sp³-hybridized carbons (Fsp3) is 0.571. The predicted molar refractivity (Wildman–Crippen MR) is 130 cm³/mol. The maximum Gasteiger partial charge on any atom is 0.516 e. The number of anilines is 2. The van der Waals surface area contributed by atoms with E-state index >= 15 is 0 Å². The van der Waals surface area contributed by atoms with Crippen LogP contribution in [0, 0.1) is 0 Å². The Balaban J connectivity index is 1.98. The molecule has 1 aliphatic rings. The van der Waals surface area contributed by atoms with Crippen LogP contribution in [0.1, 0.15) is 62.3 Å². The number of hydrogen-bond donors (Lipinski definition) is 1.